The first kappa shape index (κ1) is 24.6. The van der Waals surface area contributed by atoms with Gasteiger partial charge in [-0.2, -0.15) is 0 Å². The summed E-state index contributed by atoms with van der Waals surface area (Å²) in [4.78, 5) is 0. The lowest BCUT2D eigenvalue weighted by molar-refractivity contribution is 0.117. The molecule has 3 heteroatoms. The van der Waals surface area contributed by atoms with Crippen molar-refractivity contribution in [2.75, 3.05) is 6.61 Å². The highest BCUT2D eigenvalue weighted by molar-refractivity contribution is 6.73. The second kappa shape index (κ2) is 14.3. The Labute approximate surface area is 185 Å². The molecule has 0 saturated carbocycles. The second-order valence-corrected chi connectivity index (χ2v) is 12.7. The summed E-state index contributed by atoms with van der Waals surface area (Å²) >= 11 is 0. The molecule has 2 nitrogen and oxygen atoms in total. The van der Waals surface area contributed by atoms with Crippen molar-refractivity contribution in [2.45, 2.75) is 77.3 Å². The van der Waals surface area contributed by atoms with Crippen LogP contribution in [0.25, 0.3) is 0 Å². The second-order valence-electron chi connectivity index (χ2n) is 8.00. The molecule has 0 bridgehead atoms. The summed E-state index contributed by atoms with van der Waals surface area (Å²) in [6, 6.07) is 24.7. The minimum absolute atomic E-state index is 0.183. The molecule has 1 atom stereocenters. The van der Waals surface area contributed by atoms with Crippen LogP contribution in [0.1, 0.15) is 63.7 Å². The monoisotopic (exact) mass is 424 g/mol. The Kier molecular flexibility index (Phi) is 11.8. The van der Waals surface area contributed by atoms with E-state index < -0.39 is 8.32 Å². The van der Waals surface area contributed by atoms with Gasteiger partial charge in [0.2, 0.25) is 0 Å². The predicted octanol–water partition coefficient (Wildman–Crippen LogP) is 8.08. The number of benzene rings is 2. The largest absolute Gasteiger partial charge is 0.410 e. The fourth-order valence-electron chi connectivity index (χ4n) is 3.79. The van der Waals surface area contributed by atoms with Gasteiger partial charge in [0.25, 0.3) is 0 Å². The first-order valence-corrected chi connectivity index (χ1v) is 14.3. The highest BCUT2D eigenvalue weighted by Crippen LogP contribution is 2.32. The van der Waals surface area contributed by atoms with E-state index in [0.717, 1.165) is 25.9 Å². The zero-order valence-electron chi connectivity index (χ0n) is 19.2. The molecule has 30 heavy (non-hydrogen) atoms. The summed E-state index contributed by atoms with van der Waals surface area (Å²) in [6.45, 7) is 8.45. The van der Waals surface area contributed by atoms with Crippen LogP contribution in [-0.4, -0.2) is 14.9 Å². The first-order valence-electron chi connectivity index (χ1n) is 11.7. The molecule has 0 spiro atoms. The maximum atomic E-state index is 6.84. The van der Waals surface area contributed by atoms with Crippen molar-refractivity contribution < 1.29 is 9.16 Å². The predicted molar refractivity (Wildman–Crippen MR) is 131 cm³/mol. The van der Waals surface area contributed by atoms with Gasteiger partial charge in [0, 0.05) is 6.61 Å². The average molecular weight is 425 g/mol. The summed E-state index contributed by atoms with van der Waals surface area (Å²) in [5.41, 5.74) is 2.55. The van der Waals surface area contributed by atoms with Crippen LogP contribution in [0.5, 0.6) is 0 Å². The van der Waals surface area contributed by atoms with E-state index in [4.69, 9.17) is 9.16 Å². The van der Waals surface area contributed by atoms with Crippen LogP contribution in [0.15, 0.2) is 72.8 Å². The van der Waals surface area contributed by atoms with E-state index in [-0.39, 0.29) is 6.10 Å². The number of hydrogen-bond donors (Lipinski definition) is 0. The number of rotatable bonds is 15. The smallest absolute Gasteiger partial charge is 0.192 e. The molecule has 0 aromatic heterocycles. The van der Waals surface area contributed by atoms with Gasteiger partial charge in [-0.1, -0.05) is 93.6 Å². The van der Waals surface area contributed by atoms with Crippen LogP contribution in [0.2, 0.25) is 18.1 Å². The van der Waals surface area contributed by atoms with Crippen molar-refractivity contribution in [1.82, 2.24) is 0 Å². The maximum Gasteiger partial charge on any atom is 0.192 e. The normalized spacial score (nSPS) is 13.0. The van der Waals surface area contributed by atoms with Gasteiger partial charge in [0.05, 0.1) is 12.7 Å². The van der Waals surface area contributed by atoms with Gasteiger partial charge >= 0.3 is 0 Å². The Hall–Kier alpha value is -1.68. The summed E-state index contributed by atoms with van der Waals surface area (Å²) in [5.74, 6) is 0. The highest BCUT2D eigenvalue weighted by atomic mass is 28.4. The van der Waals surface area contributed by atoms with E-state index >= 15 is 0 Å². The Bertz CT molecular complexity index is 687. The molecule has 2 aromatic carbocycles. The van der Waals surface area contributed by atoms with Crippen LogP contribution >= 0.6 is 0 Å². The van der Waals surface area contributed by atoms with Crippen LogP contribution in [0.4, 0.5) is 0 Å². The van der Waals surface area contributed by atoms with Crippen LogP contribution in [0.3, 0.4) is 0 Å². The minimum atomic E-state index is -1.63. The van der Waals surface area contributed by atoms with Crippen molar-refractivity contribution in [3.8, 4) is 0 Å². The van der Waals surface area contributed by atoms with Gasteiger partial charge in [0.15, 0.2) is 8.32 Å². The summed E-state index contributed by atoms with van der Waals surface area (Å²) in [5, 5.41) is 0. The molecule has 0 saturated heterocycles. The van der Waals surface area contributed by atoms with Gasteiger partial charge < -0.3 is 9.16 Å². The van der Waals surface area contributed by atoms with E-state index in [2.05, 4.69) is 87.5 Å². The molecular weight excluding hydrogens is 384 g/mol. The molecule has 0 aliphatic carbocycles. The molecule has 164 valence electrons. The third kappa shape index (κ3) is 8.59. The van der Waals surface area contributed by atoms with Gasteiger partial charge in [-0.3, -0.25) is 0 Å². The van der Waals surface area contributed by atoms with Gasteiger partial charge in [0.1, 0.15) is 0 Å². The number of unbranched alkanes of at least 4 members (excludes halogenated alkanes) is 2. The lowest BCUT2D eigenvalue weighted by Gasteiger charge is -2.33. The van der Waals surface area contributed by atoms with E-state index in [1.54, 1.807) is 0 Å². The minimum Gasteiger partial charge on any atom is -0.410 e. The molecule has 0 aliphatic rings. The average Bonchev–Trinajstić information content (AvgIpc) is 2.81. The molecule has 0 aliphatic heterocycles. The zero-order chi connectivity index (χ0) is 21.5. The Morgan fingerprint density at radius 2 is 1.43 bits per heavy atom. The van der Waals surface area contributed by atoms with E-state index in [9.17, 15) is 0 Å². The Morgan fingerprint density at radius 3 is 2.07 bits per heavy atom. The van der Waals surface area contributed by atoms with Gasteiger partial charge in [-0.25, -0.2) is 0 Å². The zero-order valence-corrected chi connectivity index (χ0v) is 20.2. The Morgan fingerprint density at radius 1 is 0.800 bits per heavy atom. The lowest BCUT2D eigenvalue weighted by atomic mass is 10.1. The standard InChI is InChI=1S/C27H40O2Si/c1-4-30(5-2,6-3)29-27(26-20-14-11-15-21-26)22-16-8-7-9-17-23-28-24-25-18-12-10-13-19-25/h8,10-16,18-21,27H,4-7,9,17,22-24H2,1-3H3. The number of hydrogen-bond acceptors (Lipinski definition) is 2. The molecule has 0 radical (unpaired) electrons. The molecule has 1 unspecified atom stereocenters. The SMILES string of the molecule is CC[Si](CC)(CC)OC(CC=CCCCCOCc1ccccc1)c1ccccc1. The van der Waals surface area contributed by atoms with Crippen LogP contribution < -0.4 is 0 Å². The third-order valence-corrected chi connectivity index (χ3v) is 10.7. The molecule has 0 amide bonds. The summed E-state index contributed by atoms with van der Waals surface area (Å²) in [6.07, 6.45) is 9.17. The van der Waals surface area contributed by atoms with Crippen molar-refractivity contribution >= 4 is 8.32 Å². The fraction of sp³-hybridized carbons (Fsp3) is 0.481. The number of allylic oxidation sites excluding steroid dienone is 1. The van der Waals surface area contributed by atoms with Crippen molar-refractivity contribution in [1.29, 1.82) is 0 Å². The van der Waals surface area contributed by atoms with E-state index in [1.165, 1.54) is 35.7 Å². The highest BCUT2D eigenvalue weighted by Gasteiger charge is 2.32. The maximum absolute atomic E-state index is 6.84. The lowest BCUT2D eigenvalue weighted by Crippen LogP contribution is -2.37. The summed E-state index contributed by atoms with van der Waals surface area (Å²) in [7, 11) is -1.63. The van der Waals surface area contributed by atoms with E-state index in [1.807, 2.05) is 6.07 Å². The third-order valence-electron chi connectivity index (χ3n) is 6.03. The number of ether oxygens (including phenoxy) is 1. The topological polar surface area (TPSA) is 18.5 Å². The summed E-state index contributed by atoms with van der Waals surface area (Å²) < 4.78 is 12.6. The molecular formula is C27H40O2Si. The molecule has 2 aromatic rings. The fourth-order valence-corrected chi connectivity index (χ4v) is 6.63. The van der Waals surface area contributed by atoms with Crippen molar-refractivity contribution in [2.24, 2.45) is 0 Å². The van der Waals surface area contributed by atoms with Crippen molar-refractivity contribution in [3.63, 3.8) is 0 Å². The quantitative estimate of drug-likeness (QED) is 0.163. The van der Waals surface area contributed by atoms with Crippen LogP contribution in [-0.2, 0) is 15.8 Å². The van der Waals surface area contributed by atoms with Gasteiger partial charge in [-0.15, -0.1) is 0 Å². The first-order chi connectivity index (χ1) is 14.7. The van der Waals surface area contributed by atoms with Crippen LogP contribution in [0, 0.1) is 0 Å². The molecule has 0 fully saturated rings. The Balaban J connectivity index is 1.74. The van der Waals surface area contributed by atoms with Crippen molar-refractivity contribution in [3.05, 3.63) is 83.9 Å². The van der Waals surface area contributed by atoms with E-state index in [0.29, 0.717) is 6.61 Å². The molecule has 0 N–H and O–H groups in total. The molecule has 2 rings (SSSR count). The molecule has 0 heterocycles. The van der Waals surface area contributed by atoms with Gasteiger partial charge in [-0.05, 0) is 54.9 Å².